The summed E-state index contributed by atoms with van der Waals surface area (Å²) in [7, 11) is 0. The molecule has 0 aliphatic rings. The molecule has 0 fully saturated rings. The maximum atomic E-state index is 13.3. The van der Waals surface area contributed by atoms with Crippen molar-refractivity contribution in [1.82, 2.24) is 4.90 Å². The van der Waals surface area contributed by atoms with Crippen LogP contribution in [0, 0.1) is 11.6 Å². The fourth-order valence-corrected chi connectivity index (χ4v) is 1.29. The Balaban J connectivity index is 2.83. The Morgan fingerprint density at radius 3 is 2.33 bits per heavy atom. The van der Waals surface area contributed by atoms with Gasteiger partial charge >= 0.3 is 12.0 Å². The second-order valence-electron chi connectivity index (χ2n) is 3.43. The maximum Gasteiger partial charge on any atom is 0.323 e. The number of nitrogens with one attached hydrogen (secondary N) is 1. The number of carbonyl (C=O) groups excluding carboxylic acids is 1. The molecule has 18 heavy (non-hydrogen) atoms. The van der Waals surface area contributed by atoms with Gasteiger partial charge in [0.05, 0.1) is 0 Å². The molecule has 0 saturated heterocycles. The van der Waals surface area contributed by atoms with E-state index < -0.39 is 35.9 Å². The third-order valence-corrected chi connectivity index (χ3v) is 2.19. The summed E-state index contributed by atoms with van der Waals surface area (Å²) < 4.78 is 26.5. The highest BCUT2D eigenvalue weighted by molar-refractivity contribution is 5.91. The molecule has 0 aliphatic heterocycles. The summed E-state index contributed by atoms with van der Waals surface area (Å²) in [5, 5.41) is 10.6. The fourth-order valence-electron chi connectivity index (χ4n) is 1.29. The van der Waals surface area contributed by atoms with Crippen molar-refractivity contribution in [1.29, 1.82) is 0 Å². The van der Waals surface area contributed by atoms with Crippen molar-refractivity contribution in [3.05, 3.63) is 29.8 Å². The second kappa shape index (κ2) is 5.95. The standard InChI is InChI=1S/C11H12F2N2O3/c1-2-15(6-9(16)17)11(18)14-10-7(12)4-3-5-8(10)13/h3-5H,2,6H2,1H3,(H,14,18)(H,16,17). The summed E-state index contributed by atoms with van der Waals surface area (Å²) >= 11 is 0. The predicted molar refractivity (Wildman–Crippen MR) is 60.3 cm³/mol. The van der Waals surface area contributed by atoms with Crippen LogP contribution in [0.2, 0.25) is 0 Å². The second-order valence-corrected chi connectivity index (χ2v) is 3.43. The van der Waals surface area contributed by atoms with Gasteiger partial charge in [0.25, 0.3) is 0 Å². The van der Waals surface area contributed by atoms with Gasteiger partial charge < -0.3 is 15.3 Å². The van der Waals surface area contributed by atoms with Crippen LogP contribution in [0.5, 0.6) is 0 Å². The smallest absolute Gasteiger partial charge is 0.323 e. The van der Waals surface area contributed by atoms with Crippen LogP contribution in [0.1, 0.15) is 6.92 Å². The van der Waals surface area contributed by atoms with Crippen molar-refractivity contribution in [2.24, 2.45) is 0 Å². The zero-order valence-corrected chi connectivity index (χ0v) is 9.61. The van der Waals surface area contributed by atoms with Crippen molar-refractivity contribution >= 4 is 17.7 Å². The minimum absolute atomic E-state index is 0.105. The van der Waals surface area contributed by atoms with Crippen molar-refractivity contribution < 1.29 is 23.5 Å². The van der Waals surface area contributed by atoms with Crippen LogP contribution in [-0.2, 0) is 4.79 Å². The summed E-state index contributed by atoms with van der Waals surface area (Å²) in [4.78, 5) is 23.0. The molecular formula is C11H12F2N2O3. The first-order chi connectivity index (χ1) is 8.45. The van der Waals surface area contributed by atoms with Gasteiger partial charge in [0.15, 0.2) is 0 Å². The number of likely N-dealkylation sites (N-methyl/N-ethyl adjacent to an activating group) is 1. The number of hydrogen-bond acceptors (Lipinski definition) is 2. The van der Waals surface area contributed by atoms with Gasteiger partial charge in [-0.1, -0.05) is 6.07 Å². The zero-order valence-electron chi connectivity index (χ0n) is 9.61. The molecule has 1 aromatic rings. The van der Waals surface area contributed by atoms with Crippen LogP contribution in [0.3, 0.4) is 0 Å². The van der Waals surface area contributed by atoms with E-state index in [1.165, 1.54) is 0 Å². The Morgan fingerprint density at radius 1 is 1.33 bits per heavy atom. The van der Waals surface area contributed by atoms with E-state index in [0.717, 1.165) is 23.1 Å². The van der Waals surface area contributed by atoms with E-state index >= 15 is 0 Å². The summed E-state index contributed by atoms with van der Waals surface area (Å²) in [6.45, 7) is 1.12. The van der Waals surface area contributed by atoms with E-state index in [1.54, 1.807) is 6.92 Å². The molecule has 2 N–H and O–H groups in total. The summed E-state index contributed by atoms with van der Waals surface area (Å²) in [6, 6.07) is 2.27. The van der Waals surface area contributed by atoms with Crippen LogP contribution >= 0.6 is 0 Å². The van der Waals surface area contributed by atoms with Gasteiger partial charge in [-0.05, 0) is 19.1 Å². The molecule has 2 amide bonds. The SMILES string of the molecule is CCN(CC(=O)O)C(=O)Nc1c(F)cccc1F. The highest BCUT2D eigenvalue weighted by Gasteiger charge is 2.18. The molecular weight excluding hydrogens is 246 g/mol. The Bertz CT molecular complexity index is 445. The minimum atomic E-state index is -1.21. The number of halogens is 2. The van der Waals surface area contributed by atoms with Crippen LogP contribution < -0.4 is 5.32 Å². The summed E-state index contributed by atoms with van der Waals surface area (Å²) in [5.41, 5.74) is -0.591. The highest BCUT2D eigenvalue weighted by atomic mass is 19.1. The number of anilines is 1. The lowest BCUT2D eigenvalue weighted by Gasteiger charge is -2.19. The van der Waals surface area contributed by atoms with E-state index in [1.807, 2.05) is 5.32 Å². The molecule has 0 aromatic heterocycles. The van der Waals surface area contributed by atoms with Gasteiger partial charge in [-0.25, -0.2) is 13.6 Å². The lowest BCUT2D eigenvalue weighted by molar-refractivity contribution is -0.137. The van der Waals surface area contributed by atoms with Gasteiger partial charge in [-0.2, -0.15) is 0 Å². The molecule has 7 heteroatoms. The molecule has 1 aromatic carbocycles. The Kier molecular flexibility index (Phi) is 4.59. The maximum absolute atomic E-state index is 13.3. The van der Waals surface area contributed by atoms with Crippen LogP contribution in [-0.4, -0.2) is 35.1 Å². The van der Waals surface area contributed by atoms with E-state index in [4.69, 9.17) is 5.11 Å². The van der Waals surface area contributed by atoms with Crippen molar-refractivity contribution in [2.75, 3.05) is 18.4 Å². The average Bonchev–Trinajstić information content (AvgIpc) is 2.30. The molecule has 0 spiro atoms. The van der Waals surface area contributed by atoms with E-state index in [0.29, 0.717) is 0 Å². The topological polar surface area (TPSA) is 69.6 Å². The number of carboxylic acid groups (broad SMARTS) is 1. The highest BCUT2D eigenvalue weighted by Crippen LogP contribution is 2.18. The Hall–Kier alpha value is -2.18. The van der Waals surface area contributed by atoms with Crippen molar-refractivity contribution in [2.45, 2.75) is 6.92 Å². The first-order valence-electron chi connectivity index (χ1n) is 5.17. The molecule has 0 atom stereocenters. The van der Waals surface area contributed by atoms with Crippen LogP contribution in [0.15, 0.2) is 18.2 Å². The van der Waals surface area contributed by atoms with Gasteiger partial charge in [0, 0.05) is 6.54 Å². The first-order valence-corrected chi connectivity index (χ1v) is 5.17. The van der Waals surface area contributed by atoms with Crippen molar-refractivity contribution in [3.63, 3.8) is 0 Å². The molecule has 0 bridgehead atoms. The lowest BCUT2D eigenvalue weighted by Crippen LogP contribution is -2.38. The largest absolute Gasteiger partial charge is 0.480 e. The number of hydrogen-bond donors (Lipinski definition) is 2. The number of para-hydroxylation sites is 1. The Morgan fingerprint density at radius 2 is 1.89 bits per heavy atom. The monoisotopic (exact) mass is 258 g/mol. The van der Waals surface area contributed by atoms with Gasteiger partial charge in [-0.3, -0.25) is 4.79 Å². The number of carboxylic acids is 1. The minimum Gasteiger partial charge on any atom is -0.480 e. The van der Waals surface area contributed by atoms with Crippen LogP contribution in [0.25, 0.3) is 0 Å². The Labute approximate surface area is 102 Å². The van der Waals surface area contributed by atoms with Crippen molar-refractivity contribution in [3.8, 4) is 0 Å². The zero-order chi connectivity index (χ0) is 13.7. The van der Waals surface area contributed by atoms with E-state index in [-0.39, 0.29) is 6.54 Å². The fraction of sp³-hybridized carbons (Fsp3) is 0.273. The number of amides is 2. The van der Waals surface area contributed by atoms with Gasteiger partial charge in [0.2, 0.25) is 0 Å². The predicted octanol–water partition coefficient (Wildman–Crippen LogP) is 1.90. The molecule has 0 aliphatic carbocycles. The normalized spacial score (nSPS) is 9.94. The molecule has 0 saturated carbocycles. The number of carbonyl (C=O) groups is 2. The van der Waals surface area contributed by atoms with Crippen LogP contribution in [0.4, 0.5) is 19.3 Å². The van der Waals surface area contributed by atoms with Gasteiger partial charge in [-0.15, -0.1) is 0 Å². The quantitative estimate of drug-likeness (QED) is 0.866. The van der Waals surface area contributed by atoms with Gasteiger partial charge in [0.1, 0.15) is 23.9 Å². The molecule has 98 valence electrons. The third kappa shape index (κ3) is 3.41. The molecule has 0 radical (unpaired) electrons. The number of rotatable bonds is 4. The number of aliphatic carboxylic acids is 1. The van der Waals surface area contributed by atoms with E-state index in [9.17, 15) is 18.4 Å². The molecule has 0 heterocycles. The first kappa shape index (κ1) is 13.9. The molecule has 0 unspecified atom stereocenters. The van der Waals surface area contributed by atoms with E-state index in [2.05, 4.69) is 0 Å². The average molecular weight is 258 g/mol. The molecule has 1 rings (SSSR count). The number of nitrogens with zero attached hydrogens (tertiary/aromatic N) is 1. The third-order valence-electron chi connectivity index (χ3n) is 2.19. The number of benzene rings is 1. The lowest BCUT2D eigenvalue weighted by atomic mass is 10.3. The summed E-state index contributed by atoms with van der Waals surface area (Å²) in [5.74, 6) is -3.05. The number of urea groups is 1. The molecule has 5 nitrogen and oxygen atoms in total. The summed E-state index contributed by atoms with van der Waals surface area (Å²) in [6.07, 6.45) is 0.